The average molecular weight is 302 g/mol. The van der Waals surface area contributed by atoms with Crippen molar-refractivity contribution in [3.05, 3.63) is 60.8 Å². The Hall–Kier alpha value is -1.72. The molecule has 0 fully saturated rings. The summed E-state index contributed by atoms with van der Waals surface area (Å²) in [5, 5.41) is 0.672. The number of H-pyrrole nitrogens is 1. The Labute approximate surface area is 125 Å². The van der Waals surface area contributed by atoms with E-state index in [2.05, 4.69) is 24.9 Å². The lowest BCUT2D eigenvalue weighted by Gasteiger charge is -2.06. The van der Waals surface area contributed by atoms with Gasteiger partial charge < -0.3 is 4.98 Å². The van der Waals surface area contributed by atoms with Gasteiger partial charge in [0.25, 0.3) is 5.56 Å². The van der Waals surface area contributed by atoms with Gasteiger partial charge in [-0.3, -0.25) is 9.36 Å². The Kier molecular flexibility index (Phi) is 3.31. The third-order valence-corrected chi connectivity index (χ3v) is 4.88. The predicted octanol–water partition coefficient (Wildman–Crippen LogP) is 3.79. The van der Waals surface area contributed by atoms with Gasteiger partial charge in [-0.15, -0.1) is 11.3 Å². The van der Waals surface area contributed by atoms with Crippen LogP contribution in [0.15, 0.2) is 35.1 Å². The largest absolute Gasteiger partial charge is 0.332 e. The highest BCUT2D eigenvalue weighted by Crippen LogP contribution is 2.21. The Bertz CT molecular complexity index is 883. The van der Waals surface area contributed by atoms with Gasteiger partial charge in [0, 0.05) is 9.75 Å². The van der Waals surface area contributed by atoms with Gasteiger partial charge in [0.05, 0.1) is 17.4 Å². The molecule has 3 rings (SSSR count). The van der Waals surface area contributed by atoms with Crippen LogP contribution in [0.1, 0.15) is 15.3 Å². The van der Waals surface area contributed by atoms with E-state index >= 15 is 0 Å². The second-order valence-corrected chi connectivity index (χ2v) is 6.55. The molecule has 3 aromatic rings. The van der Waals surface area contributed by atoms with Gasteiger partial charge in [-0.2, -0.15) is 0 Å². The van der Waals surface area contributed by atoms with Crippen molar-refractivity contribution >= 4 is 34.5 Å². The zero-order valence-corrected chi connectivity index (χ0v) is 12.9. The molecule has 0 aliphatic rings. The second kappa shape index (κ2) is 5.00. The lowest BCUT2D eigenvalue weighted by molar-refractivity contribution is 0.743. The summed E-state index contributed by atoms with van der Waals surface area (Å²) >= 11 is 7.03. The first kappa shape index (κ1) is 13.3. The van der Waals surface area contributed by atoms with Gasteiger partial charge >= 0.3 is 0 Å². The van der Waals surface area contributed by atoms with E-state index < -0.39 is 0 Å². The lowest BCUT2D eigenvalue weighted by Crippen LogP contribution is -2.22. The summed E-state index contributed by atoms with van der Waals surface area (Å²) in [5.41, 5.74) is 2.01. The number of benzene rings is 1. The van der Waals surface area contributed by atoms with E-state index in [-0.39, 0.29) is 5.56 Å². The van der Waals surface area contributed by atoms with E-state index in [1.807, 2.05) is 24.3 Å². The van der Waals surface area contributed by atoms with Crippen LogP contribution in [0.3, 0.4) is 0 Å². The normalized spacial score (nSPS) is 11.1. The molecule has 102 valence electrons. The van der Waals surface area contributed by atoms with Gasteiger partial charge in [0.2, 0.25) is 0 Å². The number of aromatic nitrogens is 2. The molecular weight excluding hydrogens is 288 g/mol. The number of fused-ring (bicyclic) bond motifs is 1. The first-order chi connectivity index (χ1) is 9.56. The summed E-state index contributed by atoms with van der Waals surface area (Å²) in [6, 6.07) is 9.57. The molecule has 2 aromatic heterocycles. The smallest absolute Gasteiger partial charge is 0.262 e. The molecule has 20 heavy (non-hydrogen) atoms. The fraction of sp³-hybridized carbons (Fsp3) is 0.200. The van der Waals surface area contributed by atoms with Crippen LogP contribution in [-0.4, -0.2) is 9.55 Å². The quantitative estimate of drug-likeness (QED) is 0.731. The van der Waals surface area contributed by atoms with Crippen molar-refractivity contribution in [1.29, 1.82) is 0 Å². The molecule has 0 radical (unpaired) electrons. The first-order valence-electron chi connectivity index (χ1n) is 6.34. The zero-order chi connectivity index (χ0) is 14.3. The molecule has 0 atom stereocenters. The third kappa shape index (κ3) is 2.23. The Morgan fingerprint density at radius 2 is 2.05 bits per heavy atom. The maximum absolute atomic E-state index is 12.5. The molecule has 0 amide bonds. The van der Waals surface area contributed by atoms with Gasteiger partial charge in [-0.05, 0) is 49.8 Å². The maximum Gasteiger partial charge on any atom is 0.262 e. The molecule has 3 nitrogen and oxygen atoms in total. The average Bonchev–Trinajstić information content (AvgIpc) is 2.73. The minimum absolute atomic E-state index is 0.0342. The van der Waals surface area contributed by atoms with Gasteiger partial charge in [0.15, 0.2) is 4.77 Å². The molecular formula is C15H14N2OS2. The second-order valence-electron chi connectivity index (χ2n) is 4.82. The number of aromatic amines is 1. The summed E-state index contributed by atoms with van der Waals surface area (Å²) in [6.07, 6.45) is 0. The van der Waals surface area contributed by atoms with Gasteiger partial charge in [-0.25, -0.2) is 0 Å². The van der Waals surface area contributed by atoms with Crippen molar-refractivity contribution in [2.75, 3.05) is 0 Å². The molecule has 5 heteroatoms. The third-order valence-electron chi connectivity index (χ3n) is 3.42. The van der Waals surface area contributed by atoms with Crippen LogP contribution in [-0.2, 0) is 6.54 Å². The standard InChI is InChI=1S/C15H14N2OS2/c1-9-7-11(20-10(9)2)8-17-14(18)12-5-3-4-6-13(12)16-15(17)19/h3-7H,8H2,1-2H3,(H,16,19). The molecule has 1 N–H and O–H groups in total. The topological polar surface area (TPSA) is 37.8 Å². The predicted molar refractivity (Wildman–Crippen MR) is 86.3 cm³/mol. The van der Waals surface area contributed by atoms with Crippen molar-refractivity contribution in [2.24, 2.45) is 0 Å². The number of para-hydroxylation sites is 1. The molecule has 0 unspecified atom stereocenters. The molecule has 0 saturated carbocycles. The van der Waals surface area contributed by atoms with Crippen LogP contribution >= 0.6 is 23.6 Å². The summed E-state index contributed by atoms with van der Waals surface area (Å²) in [7, 11) is 0. The molecule has 1 aromatic carbocycles. The Balaban J connectivity index is 2.16. The highest BCUT2D eigenvalue weighted by molar-refractivity contribution is 7.71. The maximum atomic E-state index is 12.5. The minimum atomic E-state index is -0.0342. The molecule has 0 spiro atoms. The molecule has 0 saturated heterocycles. The number of nitrogens with zero attached hydrogens (tertiary/aromatic N) is 1. The van der Waals surface area contributed by atoms with E-state index in [1.165, 1.54) is 10.4 Å². The van der Waals surface area contributed by atoms with Crippen LogP contribution in [0.25, 0.3) is 10.9 Å². The van der Waals surface area contributed by atoms with E-state index in [1.54, 1.807) is 15.9 Å². The SMILES string of the molecule is Cc1cc(Cn2c(=S)[nH]c3ccccc3c2=O)sc1C. The molecule has 0 aliphatic carbocycles. The highest BCUT2D eigenvalue weighted by atomic mass is 32.1. The molecule has 2 heterocycles. The Morgan fingerprint density at radius 3 is 2.75 bits per heavy atom. The molecule has 0 aliphatic heterocycles. The monoisotopic (exact) mass is 302 g/mol. The van der Waals surface area contributed by atoms with Crippen LogP contribution in [0, 0.1) is 18.6 Å². The lowest BCUT2D eigenvalue weighted by atomic mass is 10.2. The number of thiophene rings is 1. The van der Waals surface area contributed by atoms with Crippen molar-refractivity contribution in [3.8, 4) is 0 Å². The van der Waals surface area contributed by atoms with Crippen LogP contribution < -0.4 is 5.56 Å². The summed E-state index contributed by atoms with van der Waals surface area (Å²) in [5.74, 6) is 0. The summed E-state index contributed by atoms with van der Waals surface area (Å²) < 4.78 is 2.10. The van der Waals surface area contributed by atoms with Crippen molar-refractivity contribution in [1.82, 2.24) is 9.55 Å². The van der Waals surface area contributed by atoms with Crippen molar-refractivity contribution in [2.45, 2.75) is 20.4 Å². The number of nitrogens with one attached hydrogen (secondary N) is 1. The summed E-state index contributed by atoms with van der Waals surface area (Å²) in [6.45, 7) is 4.70. The highest BCUT2D eigenvalue weighted by Gasteiger charge is 2.08. The van der Waals surface area contributed by atoms with E-state index in [4.69, 9.17) is 12.2 Å². The first-order valence-corrected chi connectivity index (χ1v) is 7.56. The van der Waals surface area contributed by atoms with E-state index in [9.17, 15) is 4.79 Å². The fourth-order valence-corrected chi connectivity index (χ4v) is 3.53. The van der Waals surface area contributed by atoms with Crippen LogP contribution in [0.2, 0.25) is 0 Å². The van der Waals surface area contributed by atoms with E-state index in [0.29, 0.717) is 16.7 Å². The van der Waals surface area contributed by atoms with Crippen LogP contribution in [0.5, 0.6) is 0 Å². The number of hydrogen-bond acceptors (Lipinski definition) is 3. The zero-order valence-electron chi connectivity index (χ0n) is 11.3. The molecule has 0 bridgehead atoms. The van der Waals surface area contributed by atoms with Crippen molar-refractivity contribution < 1.29 is 0 Å². The van der Waals surface area contributed by atoms with Crippen LogP contribution in [0.4, 0.5) is 0 Å². The number of aryl methyl sites for hydroxylation is 2. The fourth-order valence-electron chi connectivity index (χ4n) is 2.23. The van der Waals surface area contributed by atoms with Gasteiger partial charge in [-0.1, -0.05) is 12.1 Å². The Morgan fingerprint density at radius 1 is 1.30 bits per heavy atom. The van der Waals surface area contributed by atoms with Crippen molar-refractivity contribution in [3.63, 3.8) is 0 Å². The number of rotatable bonds is 2. The summed E-state index contributed by atoms with van der Waals surface area (Å²) in [4.78, 5) is 18.1. The minimum Gasteiger partial charge on any atom is -0.332 e. The van der Waals surface area contributed by atoms with Gasteiger partial charge in [0.1, 0.15) is 0 Å². The number of hydrogen-bond donors (Lipinski definition) is 1. The van der Waals surface area contributed by atoms with E-state index in [0.717, 1.165) is 10.4 Å².